The Kier molecular flexibility index (Phi) is 5.39. The van der Waals surface area contributed by atoms with Crippen molar-refractivity contribution in [2.45, 2.75) is 44.0 Å². The molecule has 0 bridgehead atoms. The SMILES string of the molecule is CCOc1ccc(C(O)CSC2CCCC2)cc1. The van der Waals surface area contributed by atoms with Crippen molar-refractivity contribution in [3.8, 4) is 5.75 Å². The van der Waals surface area contributed by atoms with Crippen LogP contribution in [0.2, 0.25) is 0 Å². The van der Waals surface area contributed by atoms with Crippen molar-refractivity contribution in [3.05, 3.63) is 29.8 Å². The summed E-state index contributed by atoms with van der Waals surface area (Å²) in [5.41, 5.74) is 0.990. The lowest BCUT2D eigenvalue weighted by Gasteiger charge is -2.14. The van der Waals surface area contributed by atoms with Crippen molar-refractivity contribution < 1.29 is 9.84 Å². The van der Waals surface area contributed by atoms with Crippen molar-refractivity contribution >= 4 is 11.8 Å². The molecule has 1 fully saturated rings. The highest BCUT2D eigenvalue weighted by atomic mass is 32.2. The molecular formula is C15H22O2S. The monoisotopic (exact) mass is 266 g/mol. The summed E-state index contributed by atoms with van der Waals surface area (Å²) in [5, 5.41) is 10.9. The van der Waals surface area contributed by atoms with Crippen LogP contribution in [0.5, 0.6) is 5.75 Å². The maximum atomic E-state index is 10.1. The maximum Gasteiger partial charge on any atom is 0.119 e. The van der Waals surface area contributed by atoms with Crippen LogP contribution >= 0.6 is 11.8 Å². The molecule has 0 aromatic heterocycles. The van der Waals surface area contributed by atoms with Crippen LogP contribution in [0.25, 0.3) is 0 Å². The molecule has 1 aliphatic rings. The highest BCUT2D eigenvalue weighted by molar-refractivity contribution is 7.99. The molecule has 0 spiro atoms. The summed E-state index contributed by atoms with van der Waals surface area (Å²) in [6.45, 7) is 2.65. The molecule has 2 nitrogen and oxygen atoms in total. The average Bonchev–Trinajstić information content (AvgIpc) is 2.90. The van der Waals surface area contributed by atoms with Gasteiger partial charge in [-0.2, -0.15) is 11.8 Å². The molecule has 1 N–H and O–H groups in total. The van der Waals surface area contributed by atoms with E-state index in [1.165, 1.54) is 25.7 Å². The third kappa shape index (κ3) is 3.92. The number of aliphatic hydroxyl groups is 1. The number of aliphatic hydroxyl groups excluding tert-OH is 1. The standard InChI is InChI=1S/C15H22O2S/c1-2-17-13-9-7-12(8-10-13)15(16)11-18-14-5-3-4-6-14/h7-10,14-16H,2-6,11H2,1H3. The van der Waals surface area contributed by atoms with E-state index in [-0.39, 0.29) is 6.10 Å². The van der Waals surface area contributed by atoms with E-state index in [4.69, 9.17) is 4.74 Å². The number of benzene rings is 1. The minimum Gasteiger partial charge on any atom is -0.494 e. The van der Waals surface area contributed by atoms with Crippen molar-refractivity contribution in [1.29, 1.82) is 0 Å². The molecule has 0 radical (unpaired) electrons. The highest BCUT2D eigenvalue weighted by Crippen LogP contribution is 2.32. The molecule has 3 heteroatoms. The summed E-state index contributed by atoms with van der Waals surface area (Å²) in [6.07, 6.45) is 5.00. The van der Waals surface area contributed by atoms with Crippen molar-refractivity contribution in [3.63, 3.8) is 0 Å². The molecular weight excluding hydrogens is 244 g/mol. The van der Waals surface area contributed by atoms with E-state index < -0.39 is 0 Å². The average molecular weight is 266 g/mol. The van der Waals surface area contributed by atoms with Gasteiger partial charge in [-0.15, -0.1) is 0 Å². The van der Waals surface area contributed by atoms with Crippen LogP contribution in [-0.4, -0.2) is 22.7 Å². The lowest BCUT2D eigenvalue weighted by molar-refractivity contribution is 0.204. The normalized spacial score (nSPS) is 17.9. The van der Waals surface area contributed by atoms with Crippen LogP contribution < -0.4 is 4.74 Å². The molecule has 1 saturated carbocycles. The first-order valence-electron chi connectivity index (χ1n) is 6.82. The van der Waals surface area contributed by atoms with Gasteiger partial charge >= 0.3 is 0 Å². The molecule has 1 aromatic rings. The summed E-state index contributed by atoms with van der Waals surface area (Å²) in [5.74, 6) is 1.68. The zero-order chi connectivity index (χ0) is 12.8. The van der Waals surface area contributed by atoms with Gasteiger partial charge in [0.05, 0.1) is 12.7 Å². The minimum absolute atomic E-state index is 0.355. The van der Waals surface area contributed by atoms with Gasteiger partial charge in [0, 0.05) is 11.0 Å². The summed E-state index contributed by atoms with van der Waals surface area (Å²) in [4.78, 5) is 0. The van der Waals surface area contributed by atoms with E-state index in [0.717, 1.165) is 22.3 Å². The van der Waals surface area contributed by atoms with Gasteiger partial charge < -0.3 is 9.84 Å². The number of hydrogen-bond acceptors (Lipinski definition) is 3. The predicted molar refractivity (Wildman–Crippen MR) is 77.3 cm³/mol. The molecule has 1 unspecified atom stereocenters. The van der Waals surface area contributed by atoms with Gasteiger partial charge in [-0.05, 0) is 37.5 Å². The first kappa shape index (κ1) is 13.8. The van der Waals surface area contributed by atoms with Gasteiger partial charge in [0.2, 0.25) is 0 Å². The van der Waals surface area contributed by atoms with Crippen LogP contribution in [0.15, 0.2) is 24.3 Å². The molecule has 1 atom stereocenters. The van der Waals surface area contributed by atoms with E-state index in [1.807, 2.05) is 43.0 Å². The Morgan fingerprint density at radius 3 is 2.56 bits per heavy atom. The Hall–Kier alpha value is -0.670. The summed E-state index contributed by atoms with van der Waals surface area (Å²) >= 11 is 1.92. The molecule has 0 amide bonds. The lowest BCUT2D eigenvalue weighted by Crippen LogP contribution is -2.05. The Labute approximate surface area is 114 Å². The van der Waals surface area contributed by atoms with E-state index in [2.05, 4.69) is 0 Å². The Bertz CT molecular complexity index is 344. The predicted octanol–water partition coefficient (Wildman–Crippen LogP) is 3.79. The molecule has 0 aliphatic heterocycles. The van der Waals surface area contributed by atoms with E-state index >= 15 is 0 Å². The Morgan fingerprint density at radius 1 is 1.28 bits per heavy atom. The molecule has 1 aliphatic carbocycles. The fraction of sp³-hybridized carbons (Fsp3) is 0.600. The topological polar surface area (TPSA) is 29.5 Å². The van der Waals surface area contributed by atoms with Crippen LogP contribution in [0.3, 0.4) is 0 Å². The van der Waals surface area contributed by atoms with Gasteiger partial charge in [-0.25, -0.2) is 0 Å². The molecule has 0 saturated heterocycles. The third-order valence-corrected chi connectivity index (χ3v) is 4.82. The number of thioether (sulfide) groups is 1. The van der Waals surface area contributed by atoms with Crippen LogP contribution in [0.4, 0.5) is 0 Å². The molecule has 18 heavy (non-hydrogen) atoms. The minimum atomic E-state index is -0.355. The van der Waals surface area contributed by atoms with Gasteiger partial charge in [0.15, 0.2) is 0 Å². The smallest absolute Gasteiger partial charge is 0.119 e. The highest BCUT2D eigenvalue weighted by Gasteiger charge is 2.17. The van der Waals surface area contributed by atoms with Gasteiger partial charge in [0.1, 0.15) is 5.75 Å². The fourth-order valence-corrected chi connectivity index (χ4v) is 3.64. The first-order valence-corrected chi connectivity index (χ1v) is 7.87. The van der Waals surface area contributed by atoms with Crippen LogP contribution in [0.1, 0.15) is 44.3 Å². The largest absolute Gasteiger partial charge is 0.494 e. The lowest BCUT2D eigenvalue weighted by atomic mass is 10.1. The van der Waals surface area contributed by atoms with Crippen molar-refractivity contribution in [2.24, 2.45) is 0 Å². The molecule has 100 valence electrons. The van der Waals surface area contributed by atoms with Crippen LogP contribution in [-0.2, 0) is 0 Å². The van der Waals surface area contributed by atoms with Gasteiger partial charge in [-0.3, -0.25) is 0 Å². The second-order valence-corrected chi connectivity index (χ2v) is 6.09. The molecule has 2 rings (SSSR count). The Balaban J connectivity index is 1.81. The number of hydrogen-bond donors (Lipinski definition) is 1. The summed E-state index contributed by atoms with van der Waals surface area (Å²) < 4.78 is 5.39. The van der Waals surface area contributed by atoms with E-state index in [0.29, 0.717) is 6.61 Å². The van der Waals surface area contributed by atoms with Gasteiger partial charge in [0.25, 0.3) is 0 Å². The third-order valence-electron chi connectivity index (χ3n) is 3.37. The van der Waals surface area contributed by atoms with Gasteiger partial charge in [-0.1, -0.05) is 25.0 Å². The first-order chi connectivity index (χ1) is 8.79. The maximum absolute atomic E-state index is 10.1. The molecule has 0 heterocycles. The fourth-order valence-electron chi connectivity index (χ4n) is 2.33. The quantitative estimate of drug-likeness (QED) is 0.849. The number of ether oxygens (including phenoxy) is 1. The Morgan fingerprint density at radius 2 is 1.94 bits per heavy atom. The number of rotatable bonds is 6. The van der Waals surface area contributed by atoms with Crippen LogP contribution in [0, 0.1) is 0 Å². The zero-order valence-electron chi connectivity index (χ0n) is 11.0. The summed E-state index contributed by atoms with van der Waals surface area (Å²) in [7, 11) is 0. The second-order valence-electron chi connectivity index (χ2n) is 4.76. The van der Waals surface area contributed by atoms with Crippen molar-refractivity contribution in [1.82, 2.24) is 0 Å². The van der Waals surface area contributed by atoms with E-state index in [1.54, 1.807) is 0 Å². The molecule has 1 aromatic carbocycles. The zero-order valence-corrected chi connectivity index (χ0v) is 11.8. The van der Waals surface area contributed by atoms with E-state index in [9.17, 15) is 5.11 Å². The summed E-state index contributed by atoms with van der Waals surface area (Å²) in [6, 6.07) is 7.79. The van der Waals surface area contributed by atoms with Crippen molar-refractivity contribution in [2.75, 3.05) is 12.4 Å². The second kappa shape index (κ2) is 7.05.